The van der Waals surface area contributed by atoms with Gasteiger partial charge in [0.2, 0.25) is 5.78 Å². The predicted octanol–water partition coefficient (Wildman–Crippen LogP) is -0.505. The summed E-state index contributed by atoms with van der Waals surface area (Å²) in [5.74, 6) is 2.56. The highest BCUT2D eigenvalue weighted by molar-refractivity contribution is 6.26. The smallest absolute Gasteiger partial charge is 0.372 e. The molecule has 1 aliphatic carbocycles. The minimum Gasteiger partial charge on any atom is -0.493 e. The number of aryl methyl sites for hydroxylation is 1. The first-order chi connectivity index (χ1) is 13.2. The van der Waals surface area contributed by atoms with Crippen LogP contribution in [0.5, 0.6) is 11.5 Å². The monoisotopic (exact) mass is 406 g/mol. The van der Waals surface area contributed by atoms with E-state index in [2.05, 4.69) is 0 Å². The Morgan fingerprint density at radius 1 is 0.893 bits per heavy atom. The molecule has 0 spiro atoms. The highest BCUT2D eigenvalue weighted by Crippen LogP contribution is 2.44. The Labute approximate surface area is 161 Å². The molecular formula is C19H15ClO8. The van der Waals surface area contributed by atoms with Crippen LogP contribution in [0.2, 0.25) is 0 Å². The third kappa shape index (κ3) is 3.64. The molecule has 0 radical (unpaired) electrons. The summed E-state index contributed by atoms with van der Waals surface area (Å²) in [5, 5.41) is 1.67. The summed E-state index contributed by atoms with van der Waals surface area (Å²) in [7, 11) is -1.77. The van der Waals surface area contributed by atoms with Gasteiger partial charge in [-0.3, -0.25) is 4.79 Å². The van der Waals surface area contributed by atoms with E-state index in [0.29, 0.717) is 28.4 Å². The van der Waals surface area contributed by atoms with Crippen molar-refractivity contribution in [1.82, 2.24) is 0 Å². The fourth-order valence-electron chi connectivity index (χ4n) is 3.19. The average molecular weight is 407 g/mol. The van der Waals surface area contributed by atoms with Crippen molar-refractivity contribution in [2.45, 2.75) is 6.92 Å². The quantitative estimate of drug-likeness (QED) is 0.406. The summed E-state index contributed by atoms with van der Waals surface area (Å²) >= 11 is 0. The van der Waals surface area contributed by atoms with E-state index in [1.165, 1.54) is 0 Å². The molecule has 28 heavy (non-hydrogen) atoms. The fraction of sp³-hybridized carbons (Fsp3) is 0.158. The number of hydrogen-bond donors (Lipinski definition) is 0. The summed E-state index contributed by atoms with van der Waals surface area (Å²) in [6, 6.07) is 11.2. The van der Waals surface area contributed by atoms with Crippen molar-refractivity contribution >= 4 is 16.6 Å². The van der Waals surface area contributed by atoms with Gasteiger partial charge in [0.15, 0.2) is 11.5 Å². The molecule has 0 aliphatic heterocycles. The zero-order chi connectivity index (χ0) is 20.6. The van der Waals surface area contributed by atoms with Crippen LogP contribution in [0, 0.1) is 17.2 Å². The number of rotatable bonds is 2. The van der Waals surface area contributed by atoms with Crippen LogP contribution in [0.3, 0.4) is 0 Å². The number of benzene rings is 2. The molecule has 0 N–H and O–H groups in total. The van der Waals surface area contributed by atoms with Crippen LogP contribution >= 0.6 is 0 Å². The number of ketones is 1. The van der Waals surface area contributed by atoms with Crippen molar-refractivity contribution in [1.29, 1.82) is 0 Å². The first-order valence-corrected chi connectivity index (χ1v) is 9.17. The minimum absolute atomic E-state index is 0.0171. The molecule has 0 fully saturated rings. The lowest BCUT2D eigenvalue weighted by Crippen LogP contribution is -2.68. The van der Waals surface area contributed by atoms with Gasteiger partial charge in [-0.2, -0.15) is 0 Å². The van der Waals surface area contributed by atoms with Crippen molar-refractivity contribution < 1.29 is 47.6 Å². The van der Waals surface area contributed by atoms with Gasteiger partial charge in [0.05, 0.1) is 32.1 Å². The number of halogens is 1. The largest absolute Gasteiger partial charge is 0.493 e. The molecule has 1 aliphatic rings. The van der Waals surface area contributed by atoms with Gasteiger partial charge in [-0.1, -0.05) is 18.2 Å². The van der Waals surface area contributed by atoms with Crippen LogP contribution in [0.1, 0.15) is 21.7 Å². The van der Waals surface area contributed by atoms with Crippen LogP contribution in [0.4, 0.5) is 0 Å². The molecule has 0 amide bonds. The van der Waals surface area contributed by atoms with Gasteiger partial charge >= 0.3 is 11.5 Å². The number of hydrogen-bond acceptors (Lipinski definition) is 7. The molecule has 4 rings (SSSR count). The Kier molecular flexibility index (Phi) is 5.24. The van der Waals surface area contributed by atoms with Crippen molar-refractivity contribution in [2.24, 2.45) is 0 Å². The molecule has 0 saturated heterocycles. The Bertz CT molecular complexity index is 1070. The van der Waals surface area contributed by atoms with Crippen LogP contribution < -0.4 is 28.1 Å². The molecule has 8 nitrogen and oxygen atoms in total. The number of carbonyl (C=O) groups excluding carboxylic acids is 1. The SMILES string of the molecule is COc1cc2c(C)[o+]c3c(c2cc1OC)C(=O)c1ccccc1-3.[O-][Cl+3]([O-])([O-])[O-]. The lowest BCUT2D eigenvalue weighted by atomic mass is 10.0. The molecule has 1 aromatic heterocycles. The maximum absolute atomic E-state index is 12.8. The van der Waals surface area contributed by atoms with Gasteiger partial charge in [0.1, 0.15) is 5.56 Å². The number of fused-ring (bicyclic) bond motifs is 5. The van der Waals surface area contributed by atoms with E-state index in [-0.39, 0.29) is 5.78 Å². The molecule has 1 heterocycles. The molecule has 146 valence electrons. The first-order valence-electron chi connectivity index (χ1n) is 7.94. The van der Waals surface area contributed by atoms with Gasteiger partial charge in [0, 0.05) is 17.0 Å². The predicted molar refractivity (Wildman–Crippen MR) is 87.3 cm³/mol. The summed E-state index contributed by atoms with van der Waals surface area (Å²) in [5.41, 5.74) is 2.10. The average Bonchev–Trinajstić information content (AvgIpc) is 2.92. The molecule has 0 unspecified atom stereocenters. The van der Waals surface area contributed by atoms with Gasteiger partial charge in [-0.05, 0) is 12.1 Å². The molecular weight excluding hydrogens is 392 g/mol. The van der Waals surface area contributed by atoms with Crippen molar-refractivity contribution in [3.63, 3.8) is 0 Å². The molecule has 0 saturated carbocycles. The number of methoxy groups -OCH3 is 2. The van der Waals surface area contributed by atoms with E-state index in [9.17, 15) is 4.79 Å². The second-order valence-electron chi connectivity index (χ2n) is 5.87. The standard InChI is InChI=1S/C19H15O4.ClHO4/c1-10-13-8-15(21-2)16(22-3)9-14(13)17-18(20)11-6-4-5-7-12(11)19(17)23-10;2-1(3,4)5/h4-9H,1-3H3;(H,2,3,4,5)/q+1;/p-1. The Morgan fingerprint density at radius 3 is 1.93 bits per heavy atom. The van der Waals surface area contributed by atoms with Gasteiger partial charge in [0.25, 0.3) is 0 Å². The first kappa shape index (κ1) is 20.0. The molecule has 9 heteroatoms. The van der Waals surface area contributed by atoms with Crippen molar-refractivity contribution in [3.05, 3.63) is 53.3 Å². The minimum atomic E-state index is -4.94. The topological polar surface area (TPSA) is 139 Å². The highest BCUT2D eigenvalue weighted by Gasteiger charge is 2.39. The van der Waals surface area contributed by atoms with E-state index in [1.54, 1.807) is 14.2 Å². The maximum atomic E-state index is 12.8. The Balaban J connectivity index is 0.000000403. The van der Waals surface area contributed by atoms with E-state index in [0.717, 1.165) is 22.1 Å². The van der Waals surface area contributed by atoms with Gasteiger partial charge in [-0.15, -0.1) is 10.2 Å². The molecule has 2 aromatic carbocycles. The second kappa shape index (κ2) is 7.34. The van der Waals surface area contributed by atoms with Crippen molar-refractivity contribution in [2.75, 3.05) is 14.2 Å². The summed E-state index contributed by atoms with van der Waals surface area (Å²) in [6.07, 6.45) is 0. The third-order valence-corrected chi connectivity index (χ3v) is 4.30. The molecule has 3 aromatic rings. The highest BCUT2D eigenvalue weighted by atomic mass is 35.7. The van der Waals surface area contributed by atoms with Crippen LogP contribution in [-0.4, -0.2) is 20.0 Å². The molecule has 0 atom stereocenters. The lowest BCUT2D eigenvalue weighted by molar-refractivity contribution is -2.00. The van der Waals surface area contributed by atoms with Crippen molar-refractivity contribution in [3.8, 4) is 22.8 Å². The van der Waals surface area contributed by atoms with Gasteiger partial charge in [-0.25, -0.2) is 23.1 Å². The van der Waals surface area contributed by atoms with E-state index < -0.39 is 10.2 Å². The van der Waals surface area contributed by atoms with Crippen LogP contribution in [0.25, 0.3) is 22.1 Å². The molecule has 0 bridgehead atoms. The third-order valence-electron chi connectivity index (χ3n) is 4.30. The Morgan fingerprint density at radius 2 is 1.39 bits per heavy atom. The van der Waals surface area contributed by atoms with Crippen LogP contribution in [0.15, 0.2) is 40.8 Å². The maximum Gasteiger partial charge on any atom is 0.372 e. The zero-order valence-corrected chi connectivity index (χ0v) is 15.9. The van der Waals surface area contributed by atoms with E-state index in [4.69, 9.17) is 32.5 Å². The van der Waals surface area contributed by atoms with Gasteiger partial charge < -0.3 is 9.47 Å². The second-order valence-corrected chi connectivity index (χ2v) is 6.62. The zero-order valence-electron chi connectivity index (χ0n) is 15.1. The Hall–Kier alpha value is -2.75. The summed E-state index contributed by atoms with van der Waals surface area (Å²) in [4.78, 5) is 12.8. The number of ether oxygens (including phenoxy) is 2. The number of carbonyl (C=O) groups is 1. The van der Waals surface area contributed by atoms with E-state index in [1.807, 2.05) is 43.3 Å². The summed E-state index contributed by atoms with van der Waals surface area (Å²) < 4.78 is 50.7. The lowest BCUT2D eigenvalue weighted by Gasteiger charge is -2.17. The van der Waals surface area contributed by atoms with E-state index >= 15 is 0 Å². The van der Waals surface area contributed by atoms with Crippen LogP contribution in [-0.2, 0) is 0 Å². The summed E-state index contributed by atoms with van der Waals surface area (Å²) in [6.45, 7) is 1.89. The normalized spacial score (nSPS) is 12.2. The fourth-order valence-corrected chi connectivity index (χ4v) is 3.19.